The number of carbonyl (C=O) groups excluding carboxylic acids is 1. The highest BCUT2D eigenvalue weighted by Gasteiger charge is 2.09. The molecule has 2 rings (SSSR count). The van der Waals surface area contributed by atoms with E-state index in [2.05, 4.69) is 31.3 Å². The van der Waals surface area contributed by atoms with Crippen molar-refractivity contribution in [3.8, 4) is 0 Å². The lowest BCUT2D eigenvalue weighted by molar-refractivity contribution is -0.684. The Labute approximate surface area is 126 Å². The van der Waals surface area contributed by atoms with Gasteiger partial charge in [-0.15, -0.1) is 0 Å². The van der Waals surface area contributed by atoms with Crippen LogP contribution in [0.1, 0.15) is 37.3 Å². The average molecular weight is 283 g/mol. The zero-order chi connectivity index (χ0) is 15.2. The highest BCUT2D eigenvalue weighted by atomic mass is 16.1. The first-order valence-corrected chi connectivity index (χ1v) is 7.44. The fourth-order valence-electron chi connectivity index (χ4n) is 2.13. The third kappa shape index (κ3) is 4.42. The second kappa shape index (κ2) is 7.02. The van der Waals surface area contributed by atoms with Crippen LogP contribution in [0.4, 0.5) is 5.69 Å². The largest absolute Gasteiger partial charge is 0.321 e. The molecule has 1 aromatic heterocycles. The van der Waals surface area contributed by atoms with Gasteiger partial charge in [0.1, 0.15) is 0 Å². The van der Waals surface area contributed by atoms with Gasteiger partial charge in [0.15, 0.2) is 12.4 Å². The molecule has 1 heterocycles. The smallest absolute Gasteiger partial charge is 0.290 e. The molecule has 110 valence electrons. The Morgan fingerprint density at radius 3 is 2.33 bits per heavy atom. The summed E-state index contributed by atoms with van der Waals surface area (Å²) in [5, 5.41) is 2.93. The summed E-state index contributed by atoms with van der Waals surface area (Å²) in [6.45, 7) is 6.75. The molecule has 1 amide bonds. The Bertz CT molecular complexity index is 588. The van der Waals surface area contributed by atoms with Crippen molar-refractivity contribution in [3.63, 3.8) is 0 Å². The lowest BCUT2D eigenvalue weighted by atomic mass is 9.99. The molecule has 0 radical (unpaired) electrons. The molecule has 0 aliphatic heterocycles. The Hall–Kier alpha value is -2.16. The Morgan fingerprint density at radius 1 is 1.14 bits per heavy atom. The average Bonchev–Trinajstić information content (AvgIpc) is 2.49. The number of carbonyl (C=O) groups is 1. The minimum Gasteiger partial charge on any atom is -0.321 e. The topological polar surface area (TPSA) is 33.0 Å². The van der Waals surface area contributed by atoms with Gasteiger partial charge in [0.25, 0.3) is 5.91 Å². The zero-order valence-electron chi connectivity index (χ0n) is 13.0. The van der Waals surface area contributed by atoms with Gasteiger partial charge in [-0.1, -0.05) is 26.0 Å². The van der Waals surface area contributed by atoms with E-state index in [1.165, 1.54) is 11.1 Å². The Kier molecular flexibility index (Phi) is 5.09. The second-order valence-corrected chi connectivity index (χ2v) is 5.53. The maximum Gasteiger partial charge on any atom is 0.290 e. The first-order valence-electron chi connectivity index (χ1n) is 7.44. The number of nitrogens with one attached hydrogen (secondary N) is 1. The third-order valence-electron chi connectivity index (χ3n) is 3.76. The molecule has 3 nitrogen and oxygen atoms in total. The van der Waals surface area contributed by atoms with Crippen LogP contribution < -0.4 is 9.88 Å². The minimum absolute atomic E-state index is 0.0138. The summed E-state index contributed by atoms with van der Waals surface area (Å²) in [5.41, 5.74) is 3.34. The molecular formula is C18H23N2O+. The molecule has 0 aliphatic rings. The van der Waals surface area contributed by atoms with Crippen LogP contribution in [0.3, 0.4) is 0 Å². The number of pyridine rings is 1. The minimum atomic E-state index is -0.0138. The van der Waals surface area contributed by atoms with Crippen molar-refractivity contribution < 1.29 is 9.36 Å². The highest BCUT2D eigenvalue weighted by molar-refractivity contribution is 5.89. The van der Waals surface area contributed by atoms with Gasteiger partial charge >= 0.3 is 0 Å². The quantitative estimate of drug-likeness (QED) is 0.838. The standard InChI is InChI=1S/C18H22N2O/c1-4-15(3)16-5-7-17(8-6-16)19-18(21)13-20-11-9-14(2)10-12-20/h5-12,15H,4,13H2,1-3H3/p+1/t15-/m0/s1. The van der Waals surface area contributed by atoms with Crippen molar-refractivity contribution >= 4 is 11.6 Å². The number of amides is 1. The van der Waals surface area contributed by atoms with Crippen molar-refractivity contribution in [3.05, 3.63) is 59.9 Å². The van der Waals surface area contributed by atoms with Gasteiger partial charge in [-0.25, -0.2) is 0 Å². The fourth-order valence-corrected chi connectivity index (χ4v) is 2.13. The van der Waals surface area contributed by atoms with E-state index in [4.69, 9.17) is 0 Å². The molecule has 0 unspecified atom stereocenters. The van der Waals surface area contributed by atoms with Crippen LogP contribution in [0.25, 0.3) is 0 Å². The number of aryl methyl sites for hydroxylation is 1. The molecule has 0 aliphatic carbocycles. The van der Waals surface area contributed by atoms with Crippen molar-refractivity contribution in [1.29, 1.82) is 0 Å². The van der Waals surface area contributed by atoms with E-state index in [1.54, 1.807) is 0 Å². The summed E-state index contributed by atoms with van der Waals surface area (Å²) in [4.78, 5) is 12.0. The van der Waals surface area contributed by atoms with Gasteiger partial charge in [-0.3, -0.25) is 4.79 Å². The van der Waals surface area contributed by atoms with Crippen LogP contribution in [-0.2, 0) is 11.3 Å². The summed E-state index contributed by atoms with van der Waals surface area (Å²) in [5.74, 6) is 0.540. The van der Waals surface area contributed by atoms with E-state index in [-0.39, 0.29) is 5.91 Å². The molecule has 0 fully saturated rings. The zero-order valence-corrected chi connectivity index (χ0v) is 13.0. The van der Waals surface area contributed by atoms with Crippen molar-refractivity contribution in [2.45, 2.75) is 39.7 Å². The Morgan fingerprint density at radius 2 is 1.76 bits per heavy atom. The SMILES string of the molecule is CC[C@H](C)c1ccc(NC(=O)C[n+]2ccc(C)cc2)cc1. The van der Waals surface area contributed by atoms with Crippen LogP contribution in [0.5, 0.6) is 0 Å². The molecule has 0 bridgehead atoms. The molecule has 3 heteroatoms. The van der Waals surface area contributed by atoms with Crippen LogP contribution in [0.15, 0.2) is 48.8 Å². The molecule has 2 aromatic rings. The van der Waals surface area contributed by atoms with Gasteiger partial charge < -0.3 is 5.32 Å². The van der Waals surface area contributed by atoms with Gasteiger partial charge in [0.2, 0.25) is 6.54 Å². The number of benzene rings is 1. The number of anilines is 1. The van der Waals surface area contributed by atoms with Crippen LogP contribution in [0.2, 0.25) is 0 Å². The normalized spacial score (nSPS) is 12.0. The van der Waals surface area contributed by atoms with E-state index in [0.29, 0.717) is 12.5 Å². The molecule has 0 spiro atoms. The van der Waals surface area contributed by atoms with Crippen molar-refractivity contribution in [2.24, 2.45) is 0 Å². The molecule has 0 saturated heterocycles. The third-order valence-corrected chi connectivity index (χ3v) is 3.76. The van der Waals surface area contributed by atoms with Crippen LogP contribution in [0, 0.1) is 6.92 Å². The summed E-state index contributed by atoms with van der Waals surface area (Å²) < 4.78 is 1.87. The lowest BCUT2D eigenvalue weighted by Crippen LogP contribution is -2.39. The van der Waals surface area contributed by atoms with E-state index >= 15 is 0 Å². The van der Waals surface area contributed by atoms with Gasteiger partial charge in [-0.2, -0.15) is 4.57 Å². The first-order chi connectivity index (χ1) is 10.1. The number of hydrogen-bond donors (Lipinski definition) is 1. The van der Waals surface area contributed by atoms with Gasteiger partial charge in [0, 0.05) is 17.8 Å². The summed E-state index contributed by atoms with van der Waals surface area (Å²) in [6, 6.07) is 12.1. The van der Waals surface area contributed by atoms with Crippen molar-refractivity contribution in [2.75, 3.05) is 5.32 Å². The number of aromatic nitrogens is 1. The highest BCUT2D eigenvalue weighted by Crippen LogP contribution is 2.20. The molecule has 0 saturated carbocycles. The molecular weight excluding hydrogens is 260 g/mol. The molecule has 1 aromatic carbocycles. The van der Waals surface area contributed by atoms with Crippen LogP contribution in [-0.4, -0.2) is 5.91 Å². The van der Waals surface area contributed by atoms with Crippen LogP contribution >= 0.6 is 0 Å². The summed E-state index contributed by atoms with van der Waals surface area (Å²) in [7, 11) is 0. The molecule has 1 N–H and O–H groups in total. The first kappa shape index (κ1) is 15.2. The number of hydrogen-bond acceptors (Lipinski definition) is 1. The number of rotatable bonds is 5. The predicted molar refractivity (Wildman–Crippen MR) is 85.2 cm³/mol. The van der Waals surface area contributed by atoms with Crippen molar-refractivity contribution in [1.82, 2.24) is 0 Å². The number of nitrogens with zero attached hydrogens (tertiary/aromatic N) is 1. The summed E-state index contributed by atoms with van der Waals surface area (Å²) >= 11 is 0. The monoisotopic (exact) mass is 283 g/mol. The van der Waals surface area contributed by atoms with Gasteiger partial charge in [-0.05, 0) is 42.5 Å². The predicted octanol–water partition coefficient (Wildman–Crippen LogP) is 3.43. The van der Waals surface area contributed by atoms with Gasteiger partial charge in [0.05, 0.1) is 0 Å². The summed E-state index contributed by atoms with van der Waals surface area (Å²) in [6.07, 6.45) is 4.96. The van der Waals surface area contributed by atoms with E-state index in [9.17, 15) is 4.79 Å². The maximum absolute atomic E-state index is 12.0. The maximum atomic E-state index is 12.0. The fraction of sp³-hybridized carbons (Fsp3) is 0.333. The van der Waals surface area contributed by atoms with E-state index < -0.39 is 0 Å². The van der Waals surface area contributed by atoms with E-state index in [0.717, 1.165) is 12.1 Å². The second-order valence-electron chi connectivity index (χ2n) is 5.53. The molecule has 21 heavy (non-hydrogen) atoms. The Balaban J connectivity index is 1.94. The van der Waals surface area contributed by atoms with E-state index in [1.807, 2.05) is 48.1 Å². The molecule has 1 atom stereocenters. The lowest BCUT2D eigenvalue weighted by Gasteiger charge is -2.10.